The predicted octanol–water partition coefficient (Wildman–Crippen LogP) is 2.71. The van der Waals surface area contributed by atoms with Crippen LogP contribution in [0.5, 0.6) is 5.75 Å². The van der Waals surface area contributed by atoms with Crippen LogP contribution in [0.1, 0.15) is 43.2 Å². The second kappa shape index (κ2) is 6.64. The minimum atomic E-state index is -0.0434. The van der Waals surface area contributed by atoms with Crippen LogP contribution in [-0.2, 0) is 4.79 Å². The number of nitrogens with one attached hydrogen (secondary N) is 1. The highest BCUT2D eigenvalue weighted by atomic mass is 16.5. The van der Waals surface area contributed by atoms with Crippen molar-refractivity contribution >= 4 is 11.6 Å². The third kappa shape index (κ3) is 3.65. The second-order valence-corrected chi connectivity index (χ2v) is 5.62. The summed E-state index contributed by atoms with van der Waals surface area (Å²) in [7, 11) is 0. The van der Waals surface area contributed by atoms with E-state index in [1.165, 1.54) is 19.3 Å². The fourth-order valence-electron chi connectivity index (χ4n) is 2.72. The molecule has 0 saturated heterocycles. The summed E-state index contributed by atoms with van der Waals surface area (Å²) in [5, 5.41) is 3.05. The lowest BCUT2D eigenvalue weighted by Crippen LogP contribution is -2.39. The lowest BCUT2D eigenvalue weighted by Gasteiger charge is -2.23. The summed E-state index contributed by atoms with van der Waals surface area (Å²) in [6.45, 7) is 3.93. The highest BCUT2D eigenvalue weighted by molar-refractivity contribution is 5.78. The number of carbonyl (C=O) groups excluding carboxylic acids is 1. The Hall–Kier alpha value is -1.71. The van der Waals surface area contributed by atoms with Gasteiger partial charge in [-0.1, -0.05) is 25.3 Å². The van der Waals surface area contributed by atoms with Gasteiger partial charge < -0.3 is 15.8 Å². The van der Waals surface area contributed by atoms with Gasteiger partial charge in [0.2, 0.25) is 0 Å². The molecule has 0 unspecified atom stereocenters. The SMILES string of the molecule is Cc1ccc(N)c(C)c1OCC(=O)NC1CCCCC1. The summed E-state index contributed by atoms with van der Waals surface area (Å²) in [6, 6.07) is 4.10. The Morgan fingerprint density at radius 2 is 2.00 bits per heavy atom. The molecule has 0 atom stereocenters. The lowest BCUT2D eigenvalue weighted by atomic mass is 9.95. The Kier molecular flexibility index (Phi) is 4.88. The molecule has 0 bridgehead atoms. The Labute approximate surface area is 120 Å². The van der Waals surface area contributed by atoms with Crippen molar-refractivity contribution in [3.05, 3.63) is 23.3 Å². The zero-order valence-electron chi connectivity index (χ0n) is 12.4. The van der Waals surface area contributed by atoms with Crippen molar-refractivity contribution in [1.82, 2.24) is 5.32 Å². The molecule has 110 valence electrons. The Morgan fingerprint density at radius 3 is 2.70 bits per heavy atom. The van der Waals surface area contributed by atoms with Gasteiger partial charge in [0.1, 0.15) is 5.75 Å². The summed E-state index contributed by atoms with van der Waals surface area (Å²) in [6.07, 6.45) is 5.87. The quantitative estimate of drug-likeness (QED) is 0.831. The third-order valence-electron chi connectivity index (χ3n) is 3.96. The van der Waals surface area contributed by atoms with E-state index in [2.05, 4.69) is 5.32 Å². The number of rotatable bonds is 4. The van der Waals surface area contributed by atoms with E-state index < -0.39 is 0 Å². The zero-order valence-corrected chi connectivity index (χ0v) is 12.4. The Morgan fingerprint density at radius 1 is 1.30 bits per heavy atom. The van der Waals surface area contributed by atoms with Crippen LogP contribution >= 0.6 is 0 Å². The molecule has 2 rings (SSSR count). The molecule has 20 heavy (non-hydrogen) atoms. The average Bonchev–Trinajstić information content (AvgIpc) is 2.44. The molecular formula is C16H24N2O2. The number of aryl methyl sites for hydroxylation is 1. The molecule has 1 aromatic carbocycles. The largest absolute Gasteiger partial charge is 0.483 e. The van der Waals surface area contributed by atoms with Crippen LogP contribution in [0.4, 0.5) is 5.69 Å². The van der Waals surface area contributed by atoms with E-state index in [1.807, 2.05) is 26.0 Å². The van der Waals surface area contributed by atoms with Gasteiger partial charge in [0, 0.05) is 17.3 Å². The topological polar surface area (TPSA) is 64.3 Å². The highest BCUT2D eigenvalue weighted by Crippen LogP contribution is 2.27. The van der Waals surface area contributed by atoms with E-state index in [0.29, 0.717) is 11.7 Å². The lowest BCUT2D eigenvalue weighted by molar-refractivity contribution is -0.124. The number of benzene rings is 1. The molecule has 1 aromatic rings. The second-order valence-electron chi connectivity index (χ2n) is 5.62. The number of hydrogen-bond acceptors (Lipinski definition) is 3. The molecule has 1 saturated carbocycles. The number of nitrogens with two attached hydrogens (primary N) is 1. The Bertz CT molecular complexity index is 480. The number of anilines is 1. The van der Waals surface area contributed by atoms with Gasteiger partial charge in [-0.25, -0.2) is 0 Å². The minimum absolute atomic E-state index is 0.0434. The van der Waals surface area contributed by atoms with Gasteiger partial charge in [0.25, 0.3) is 5.91 Å². The summed E-state index contributed by atoms with van der Waals surface area (Å²) >= 11 is 0. The summed E-state index contributed by atoms with van der Waals surface area (Å²) in [4.78, 5) is 11.9. The van der Waals surface area contributed by atoms with E-state index in [4.69, 9.17) is 10.5 Å². The number of carbonyl (C=O) groups is 1. The van der Waals surface area contributed by atoms with Crippen LogP contribution in [-0.4, -0.2) is 18.6 Å². The number of amides is 1. The van der Waals surface area contributed by atoms with Crippen molar-refractivity contribution in [2.24, 2.45) is 0 Å². The van der Waals surface area contributed by atoms with Gasteiger partial charge in [0.15, 0.2) is 6.61 Å². The molecule has 3 N–H and O–H groups in total. The molecule has 1 aliphatic rings. The molecule has 1 aliphatic carbocycles. The predicted molar refractivity (Wildman–Crippen MR) is 80.8 cm³/mol. The van der Waals surface area contributed by atoms with Crippen LogP contribution < -0.4 is 15.8 Å². The molecule has 0 radical (unpaired) electrons. The smallest absolute Gasteiger partial charge is 0.258 e. The van der Waals surface area contributed by atoms with Crippen molar-refractivity contribution in [1.29, 1.82) is 0 Å². The fourth-order valence-corrected chi connectivity index (χ4v) is 2.72. The van der Waals surface area contributed by atoms with Gasteiger partial charge in [-0.15, -0.1) is 0 Å². The minimum Gasteiger partial charge on any atom is -0.483 e. The molecule has 0 aliphatic heterocycles. The van der Waals surface area contributed by atoms with Crippen LogP contribution in [0.15, 0.2) is 12.1 Å². The first-order valence-corrected chi connectivity index (χ1v) is 7.36. The summed E-state index contributed by atoms with van der Waals surface area (Å²) in [5.41, 5.74) is 8.46. The first-order valence-electron chi connectivity index (χ1n) is 7.36. The van der Waals surface area contributed by atoms with Crippen molar-refractivity contribution < 1.29 is 9.53 Å². The van der Waals surface area contributed by atoms with Gasteiger partial charge in [-0.2, -0.15) is 0 Å². The number of nitrogen functional groups attached to an aromatic ring is 1. The molecular weight excluding hydrogens is 252 g/mol. The normalized spacial score (nSPS) is 15.9. The van der Waals surface area contributed by atoms with Gasteiger partial charge in [-0.3, -0.25) is 4.79 Å². The zero-order chi connectivity index (χ0) is 14.5. The van der Waals surface area contributed by atoms with E-state index in [1.54, 1.807) is 0 Å². The first kappa shape index (κ1) is 14.7. The number of hydrogen-bond donors (Lipinski definition) is 2. The van der Waals surface area contributed by atoms with E-state index in [9.17, 15) is 4.79 Å². The van der Waals surface area contributed by atoms with Crippen molar-refractivity contribution in [3.8, 4) is 5.75 Å². The van der Waals surface area contributed by atoms with E-state index in [-0.39, 0.29) is 12.5 Å². The van der Waals surface area contributed by atoms with Gasteiger partial charge in [-0.05, 0) is 38.3 Å². The van der Waals surface area contributed by atoms with E-state index in [0.717, 1.165) is 29.7 Å². The third-order valence-corrected chi connectivity index (χ3v) is 3.96. The van der Waals surface area contributed by atoms with Crippen molar-refractivity contribution in [2.75, 3.05) is 12.3 Å². The maximum atomic E-state index is 11.9. The van der Waals surface area contributed by atoms with E-state index >= 15 is 0 Å². The van der Waals surface area contributed by atoms with Crippen LogP contribution in [0, 0.1) is 13.8 Å². The summed E-state index contributed by atoms with van der Waals surface area (Å²) in [5.74, 6) is 0.682. The molecule has 0 heterocycles. The summed E-state index contributed by atoms with van der Waals surface area (Å²) < 4.78 is 5.66. The monoisotopic (exact) mass is 276 g/mol. The molecule has 4 nitrogen and oxygen atoms in total. The van der Waals surface area contributed by atoms with Gasteiger partial charge in [0.05, 0.1) is 0 Å². The first-order chi connectivity index (χ1) is 9.58. The molecule has 1 fully saturated rings. The molecule has 1 amide bonds. The molecule has 4 heteroatoms. The maximum Gasteiger partial charge on any atom is 0.258 e. The van der Waals surface area contributed by atoms with Crippen molar-refractivity contribution in [3.63, 3.8) is 0 Å². The Balaban J connectivity index is 1.88. The average molecular weight is 276 g/mol. The van der Waals surface area contributed by atoms with Crippen molar-refractivity contribution in [2.45, 2.75) is 52.0 Å². The van der Waals surface area contributed by atoms with Crippen LogP contribution in [0.3, 0.4) is 0 Å². The van der Waals surface area contributed by atoms with Gasteiger partial charge >= 0.3 is 0 Å². The molecule has 0 spiro atoms. The highest BCUT2D eigenvalue weighted by Gasteiger charge is 2.16. The molecule has 0 aromatic heterocycles. The standard InChI is InChI=1S/C16H24N2O2/c1-11-8-9-14(17)12(2)16(11)20-10-15(19)18-13-6-4-3-5-7-13/h8-9,13H,3-7,10,17H2,1-2H3,(H,18,19). The maximum absolute atomic E-state index is 11.9. The van der Waals surface area contributed by atoms with Crippen LogP contribution in [0.2, 0.25) is 0 Å². The number of ether oxygens (including phenoxy) is 1. The fraction of sp³-hybridized carbons (Fsp3) is 0.562. The van der Waals surface area contributed by atoms with Crippen LogP contribution in [0.25, 0.3) is 0 Å².